The number of nitrogens with zero attached hydrogens (tertiary/aromatic N) is 4. The maximum absolute atomic E-state index is 10.8. The van der Waals surface area contributed by atoms with Gasteiger partial charge in [0.1, 0.15) is 0 Å². The maximum Gasteiger partial charge on any atom is 0.305 e. The van der Waals surface area contributed by atoms with Gasteiger partial charge in [-0.2, -0.15) is 0 Å². The largest absolute Gasteiger partial charge is 0.481 e. The van der Waals surface area contributed by atoms with E-state index in [-0.39, 0.29) is 0 Å². The van der Waals surface area contributed by atoms with Gasteiger partial charge in [0.05, 0.1) is 36.8 Å². The van der Waals surface area contributed by atoms with Gasteiger partial charge in [-0.3, -0.25) is 19.2 Å². The van der Waals surface area contributed by atoms with Crippen molar-refractivity contribution in [3.63, 3.8) is 0 Å². The van der Waals surface area contributed by atoms with E-state index in [2.05, 4.69) is 0 Å². The fourth-order valence-electron chi connectivity index (χ4n) is 1.91. The van der Waals surface area contributed by atoms with E-state index in [9.17, 15) is 19.2 Å². The van der Waals surface area contributed by atoms with Gasteiger partial charge in [0.15, 0.2) is 0 Å². The molecule has 14 nitrogen and oxygen atoms in total. The first-order valence-corrected chi connectivity index (χ1v) is 10.7. The Morgan fingerprint density at radius 1 is 0.444 bits per heavy atom. The molecule has 14 heteroatoms. The van der Waals surface area contributed by atoms with Crippen LogP contribution >= 0.6 is 0 Å². The molecule has 0 spiro atoms. The van der Waals surface area contributed by atoms with Crippen LogP contribution in [-0.2, 0) is 19.2 Å². The average Bonchev–Trinajstić information content (AvgIpc) is 2.48. The van der Waals surface area contributed by atoms with Gasteiger partial charge in [-0.05, 0) is 84.6 Å². The summed E-state index contributed by atoms with van der Waals surface area (Å²) in [7, 11) is 24.0. The van der Waals surface area contributed by atoms with Crippen LogP contribution in [0.25, 0.3) is 0 Å². The Kier molecular flexibility index (Phi) is 28.0. The Hall–Kier alpha value is -2.36. The number of hydrogen-bond acceptors (Lipinski definition) is 10. The molecule has 0 heterocycles. The first-order chi connectivity index (χ1) is 15.8. The summed E-state index contributed by atoms with van der Waals surface area (Å²) in [5.74, 6) is -6.06. The van der Waals surface area contributed by atoms with Crippen LogP contribution in [0.2, 0.25) is 0 Å². The molecule has 0 bridgehead atoms. The van der Waals surface area contributed by atoms with Crippen molar-refractivity contribution in [3.05, 3.63) is 0 Å². The molecule has 0 aromatic carbocycles. The minimum Gasteiger partial charge on any atom is -0.481 e. The zero-order valence-corrected chi connectivity index (χ0v) is 24.2. The van der Waals surface area contributed by atoms with Crippen LogP contribution < -0.4 is 11.5 Å². The highest BCUT2D eigenvalue weighted by molar-refractivity contribution is 5.78. The number of hydrogen-bond donors (Lipinski definition) is 6. The molecular weight excluding hydrogens is 476 g/mol. The van der Waals surface area contributed by atoms with Crippen molar-refractivity contribution in [2.75, 3.05) is 84.6 Å². The molecule has 0 aliphatic carbocycles. The summed E-state index contributed by atoms with van der Waals surface area (Å²) in [4.78, 5) is 51.2. The number of nitrogens with two attached hydrogens (primary N) is 2. The molecule has 0 fully saturated rings. The minimum absolute atomic E-state index is 0.976. The molecule has 8 N–H and O–H groups in total. The van der Waals surface area contributed by atoms with Crippen LogP contribution in [-0.4, -0.2) is 160 Å². The number of rotatable bonds is 9. The Balaban J connectivity index is -0.000000161. The van der Waals surface area contributed by atoms with E-state index in [1.165, 1.54) is 0 Å². The molecule has 0 aliphatic heterocycles. The van der Waals surface area contributed by atoms with Crippen LogP contribution in [0.3, 0.4) is 0 Å². The summed E-state index contributed by atoms with van der Waals surface area (Å²) in [6.07, 6.45) is -3.90. The van der Waals surface area contributed by atoms with Crippen molar-refractivity contribution < 1.29 is 39.6 Å². The van der Waals surface area contributed by atoms with Gasteiger partial charge in [-0.1, -0.05) is 0 Å². The van der Waals surface area contributed by atoms with Crippen molar-refractivity contribution in [1.82, 2.24) is 19.6 Å². The molecule has 0 radical (unpaired) electrons. The Bertz CT molecular complexity index is 506. The lowest BCUT2D eigenvalue weighted by Gasteiger charge is -2.42. The Morgan fingerprint density at radius 3 is 0.583 bits per heavy atom. The lowest BCUT2D eigenvalue weighted by atomic mass is 9.69. The molecule has 0 unspecified atom stereocenters. The molecule has 218 valence electrons. The van der Waals surface area contributed by atoms with Crippen molar-refractivity contribution in [3.8, 4) is 0 Å². The van der Waals surface area contributed by atoms with Crippen LogP contribution in [0.5, 0.6) is 0 Å². The van der Waals surface area contributed by atoms with Gasteiger partial charge in [0.2, 0.25) is 0 Å². The second-order valence-corrected chi connectivity index (χ2v) is 9.96. The van der Waals surface area contributed by atoms with Gasteiger partial charge in [-0.25, -0.2) is 0 Å². The van der Waals surface area contributed by atoms with E-state index in [0.29, 0.717) is 0 Å². The van der Waals surface area contributed by atoms with Crippen LogP contribution in [0, 0.1) is 0 Å². The number of carboxylic acids is 4. The van der Waals surface area contributed by atoms with Crippen molar-refractivity contribution in [1.29, 1.82) is 0 Å². The molecule has 0 saturated carbocycles. The van der Waals surface area contributed by atoms with E-state index in [4.69, 9.17) is 31.9 Å². The summed E-state index contributed by atoms with van der Waals surface area (Å²) >= 11 is 0. The van der Waals surface area contributed by atoms with Gasteiger partial charge >= 0.3 is 23.9 Å². The lowest BCUT2D eigenvalue weighted by molar-refractivity contribution is -0.150. The van der Waals surface area contributed by atoms with Crippen molar-refractivity contribution in [2.45, 2.75) is 36.8 Å². The van der Waals surface area contributed by atoms with Gasteiger partial charge in [0.25, 0.3) is 0 Å². The molecule has 0 saturated heterocycles. The highest BCUT2D eigenvalue weighted by atomic mass is 16.4. The number of aliphatic carboxylic acids is 4. The normalized spacial score (nSPS) is 10.6. The van der Waals surface area contributed by atoms with Gasteiger partial charge in [-0.15, -0.1) is 0 Å². The average molecular weight is 529 g/mol. The van der Waals surface area contributed by atoms with Crippen LogP contribution in [0.1, 0.15) is 25.7 Å². The van der Waals surface area contributed by atoms with Crippen LogP contribution in [0.15, 0.2) is 0 Å². The maximum atomic E-state index is 10.8. The fourth-order valence-corrected chi connectivity index (χ4v) is 1.91. The molecule has 0 rings (SSSR count). The monoisotopic (exact) mass is 528 g/mol. The quantitative estimate of drug-likeness (QED) is 0.211. The molecule has 0 aromatic heterocycles. The van der Waals surface area contributed by atoms with Crippen LogP contribution in [0.4, 0.5) is 0 Å². The van der Waals surface area contributed by atoms with E-state index < -0.39 is 60.6 Å². The summed E-state index contributed by atoms with van der Waals surface area (Å²) in [6, 6.07) is 0. The summed E-state index contributed by atoms with van der Waals surface area (Å²) in [5.41, 5.74) is 6.88. The molecule has 0 amide bonds. The highest BCUT2D eigenvalue weighted by Crippen LogP contribution is 2.31. The van der Waals surface area contributed by atoms with E-state index in [1.807, 2.05) is 104 Å². The van der Waals surface area contributed by atoms with Gasteiger partial charge in [0, 0.05) is 0 Å². The minimum atomic E-state index is -2.22. The smallest absolute Gasteiger partial charge is 0.305 e. The van der Waals surface area contributed by atoms with E-state index >= 15 is 0 Å². The Morgan fingerprint density at radius 2 is 0.528 bits per heavy atom. The highest BCUT2D eigenvalue weighted by Gasteiger charge is 2.51. The Labute approximate surface area is 216 Å². The summed E-state index contributed by atoms with van der Waals surface area (Å²) in [6.45, 7) is 0. The van der Waals surface area contributed by atoms with E-state index in [0.717, 1.165) is 0 Å². The molecule has 0 aromatic rings. The molecule has 0 aliphatic rings. The van der Waals surface area contributed by atoms with Crippen molar-refractivity contribution >= 4 is 23.9 Å². The number of carbonyl (C=O) groups is 4. The molecule has 0 atom stereocenters. The topological polar surface area (TPSA) is 214 Å². The second-order valence-electron chi connectivity index (χ2n) is 9.96. The van der Waals surface area contributed by atoms with Crippen molar-refractivity contribution in [2.24, 2.45) is 11.5 Å². The first kappa shape index (κ1) is 43.7. The predicted molar refractivity (Wildman–Crippen MR) is 141 cm³/mol. The number of carboxylic acid groups (broad SMARTS) is 4. The SMILES string of the molecule is CN(C)C.CN(C)C.CN(C)C.CN(C)C.NC(CC(=O)O)(CC(=O)O)C(N)(CC(=O)O)CC(=O)O. The summed E-state index contributed by atoms with van der Waals surface area (Å²) in [5, 5.41) is 35.1. The van der Waals surface area contributed by atoms with Gasteiger partial charge < -0.3 is 51.5 Å². The second kappa shape index (κ2) is 23.1. The first-order valence-electron chi connectivity index (χ1n) is 10.7. The predicted octanol–water partition coefficient (Wildman–Crippen LogP) is -1.01. The standard InChI is InChI=1S/C10H16N2O8.4C3H9N/c11-9(1-5(13)14,2-6(15)16)10(12,3-7(17)18)4-8(19)20;4*1-4(2)3/h1-4,11-12H2,(H,13,14)(H,15,16)(H,17,18)(H,19,20);4*1-3H3. The zero-order valence-electron chi connectivity index (χ0n) is 24.2. The molecular formula is C22H52N6O8. The third-order valence-corrected chi connectivity index (χ3v) is 2.86. The zero-order chi connectivity index (χ0) is 30.4. The summed E-state index contributed by atoms with van der Waals surface area (Å²) < 4.78 is 0. The van der Waals surface area contributed by atoms with E-state index in [1.54, 1.807) is 0 Å². The molecule has 36 heavy (non-hydrogen) atoms. The third kappa shape index (κ3) is 41.9. The lowest BCUT2D eigenvalue weighted by Crippen LogP contribution is -2.68. The third-order valence-electron chi connectivity index (χ3n) is 2.86. The fraction of sp³-hybridized carbons (Fsp3) is 0.818.